The number of nitrogens with zero attached hydrogens (tertiary/aromatic N) is 1. The Morgan fingerprint density at radius 1 is 1.12 bits per heavy atom. The monoisotopic (exact) mass is 355 g/mol. The third-order valence-electron chi connectivity index (χ3n) is 4.37. The molecule has 1 aliphatic rings. The average Bonchev–Trinajstić information content (AvgIpc) is 2.66. The molecule has 26 heavy (non-hydrogen) atoms. The lowest BCUT2D eigenvalue weighted by Gasteiger charge is -2.45. The van der Waals surface area contributed by atoms with E-state index in [1.165, 1.54) is 14.2 Å². The number of methoxy groups -OCH3 is 2. The van der Waals surface area contributed by atoms with Crippen molar-refractivity contribution in [1.82, 2.24) is 0 Å². The lowest BCUT2D eigenvalue weighted by atomic mass is 9.86. The highest BCUT2D eigenvalue weighted by Crippen LogP contribution is 2.43. The van der Waals surface area contributed by atoms with Crippen LogP contribution in [0.5, 0.6) is 11.5 Å². The van der Waals surface area contributed by atoms with E-state index in [0.29, 0.717) is 22.6 Å². The first-order valence-corrected chi connectivity index (χ1v) is 8.24. The summed E-state index contributed by atoms with van der Waals surface area (Å²) in [4.78, 5) is 0. The zero-order chi connectivity index (χ0) is 18.6. The number of ether oxygens (including phenoxy) is 4. The van der Waals surface area contributed by atoms with Gasteiger partial charge in [-0.25, -0.2) is 0 Å². The van der Waals surface area contributed by atoms with Crippen molar-refractivity contribution < 1.29 is 24.1 Å². The van der Waals surface area contributed by atoms with Crippen molar-refractivity contribution in [2.75, 3.05) is 27.4 Å². The van der Waals surface area contributed by atoms with E-state index in [9.17, 15) is 10.4 Å². The zero-order valence-electron chi connectivity index (χ0n) is 14.7. The van der Waals surface area contributed by atoms with Crippen molar-refractivity contribution in [2.24, 2.45) is 0 Å². The fourth-order valence-electron chi connectivity index (χ4n) is 3.19. The Bertz CT molecular complexity index is 781. The summed E-state index contributed by atoms with van der Waals surface area (Å²) in [7, 11) is 3.07. The first-order valence-electron chi connectivity index (χ1n) is 8.24. The van der Waals surface area contributed by atoms with Crippen LogP contribution in [0.1, 0.15) is 17.2 Å². The van der Waals surface area contributed by atoms with Gasteiger partial charge in [0, 0.05) is 19.8 Å². The maximum Gasteiger partial charge on any atom is 0.185 e. The fraction of sp³-hybridized carbons (Fsp3) is 0.350. The summed E-state index contributed by atoms with van der Waals surface area (Å²) in [6.07, 6.45) is -1.80. The standard InChI is InChI=1S/C20H21NO5/c1-23-12-20(13-24-2)19(22)18(25-15-6-4-3-5-7-15)16-10-14(11-21)8-9-17(16)26-20/h3-10,18-19,22H,12-13H2,1-2H3/t18-,19+/m1/s1. The first-order chi connectivity index (χ1) is 12.6. The molecule has 0 unspecified atom stereocenters. The normalized spacial score (nSPS) is 20.5. The number of fused-ring (bicyclic) bond motifs is 1. The van der Waals surface area contributed by atoms with Gasteiger partial charge in [0.2, 0.25) is 0 Å². The lowest BCUT2D eigenvalue weighted by Crippen LogP contribution is -2.60. The largest absolute Gasteiger partial charge is 0.483 e. The predicted molar refractivity (Wildman–Crippen MR) is 94.1 cm³/mol. The Morgan fingerprint density at radius 2 is 1.81 bits per heavy atom. The van der Waals surface area contributed by atoms with Gasteiger partial charge in [-0.3, -0.25) is 0 Å². The van der Waals surface area contributed by atoms with E-state index in [0.717, 1.165) is 0 Å². The quantitative estimate of drug-likeness (QED) is 0.857. The molecule has 0 bridgehead atoms. The number of hydrogen-bond acceptors (Lipinski definition) is 6. The molecule has 0 aromatic heterocycles. The Hall–Kier alpha value is -2.59. The van der Waals surface area contributed by atoms with E-state index >= 15 is 0 Å². The van der Waals surface area contributed by atoms with Gasteiger partial charge in [0.05, 0.1) is 24.8 Å². The van der Waals surface area contributed by atoms with Gasteiger partial charge in [-0.15, -0.1) is 0 Å². The summed E-state index contributed by atoms with van der Waals surface area (Å²) in [6.45, 7) is 0.242. The minimum absolute atomic E-state index is 0.121. The average molecular weight is 355 g/mol. The molecular formula is C20H21NO5. The van der Waals surface area contributed by atoms with Crippen molar-refractivity contribution in [3.63, 3.8) is 0 Å². The molecule has 0 aliphatic carbocycles. The van der Waals surface area contributed by atoms with Gasteiger partial charge >= 0.3 is 0 Å². The molecule has 2 aromatic carbocycles. The zero-order valence-corrected chi connectivity index (χ0v) is 14.7. The van der Waals surface area contributed by atoms with E-state index in [2.05, 4.69) is 6.07 Å². The molecule has 3 rings (SSSR count). The molecule has 0 amide bonds. The van der Waals surface area contributed by atoms with Crippen LogP contribution < -0.4 is 9.47 Å². The second-order valence-electron chi connectivity index (χ2n) is 6.19. The summed E-state index contributed by atoms with van der Waals surface area (Å²) >= 11 is 0. The Morgan fingerprint density at radius 3 is 2.42 bits per heavy atom. The highest BCUT2D eigenvalue weighted by atomic mass is 16.6. The molecule has 0 saturated carbocycles. The molecule has 0 spiro atoms. The highest BCUT2D eigenvalue weighted by molar-refractivity contribution is 5.46. The summed E-state index contributed by atoms with van der Waals surface area (Å²) in [6, 6.07) is 16.4. The summed E-state index contributed by atoms with van der Waals surface area (Å²) in [5.74, 6) is 1.14. The highest BCUT2D eigenvalue weighted by Gasteiger charge is 2.51. The topological polar surface area (TPSA) is 80.9 Å². The van der Waals surface area contributed by atoms with Gasteiger partial charge in [0.25, 0.3) is 0 Å². The minimum Gasteiger partial charge on any atom is -0.483 e. The molecule has 2 atom stereocenters. The molecule has 0 fully saturated rings. The smallest absolute Gasteiger partial charge is 0.185 e. The molecule has 1 heterocycles. The van der Waals surface area contributed by atoms with Gasteiger partial charge in [0.15, 0.2) is 11.7 Å². The van der Waals surface area contributed by atoms with Crippen molar-refractivity contribution in [1.29, 1.82) is 5.26 Å². The minimum atomic E-state index is -1.12. The molecule has 2 aromatic rings. The van der Waals surface area contributed by atoms with Crippen LogP contribution >= 0.6 is 0 Å². The number of rotatable bonds is 6. The Balaban J connectivity index is 2.07. The number of benzene rings is 2. The van der Waals surface area contributed by atoms with E-state index in [-0.39, 0.29) is 13.2 Å². The summed E-state index contributed by atoms with van der Waals surface area (Å²) < 4.78 is 22.8. The van der Waals surface area contributed by atoms with Crippen LogP contribution in [-0.2, 0) is 9.47 Å². The number of nitriles is 1. The molecule has 0 saturated heterocycles. The van der Waals surface area contributed by atoms with Crippen molar-refractivity contribution in [3.05, 3.63) is 59.7 Å². The van der Waals surface area contributed by atoms with Gasteiger partial charge < -0.3 is 24.1 Å². The molecule has 6 heteroatoms. The summed E-state index contributed by atoms with van der Waals surface area (Å²) in [5.41, 5.74) is -0.0418. The SMILES string of the molecule is COCC1(COC)Oc2ccc(C#N)cc2[C@@H](Oc2ccccc2)[C@@H]1O. The van der Waals surface area contributed by atoms with Gasteiger partial charge in [-0.05, 0) is 30.3 Å². The van der Waals surface area contributed by atoms with Crippen LogP contribution in [0, 0.1) is 11.3 Å². The maximum absolute atomic E-state index is 11.1. The first kappa shape index (κ1) is 18.2. The van der Waals surface area contributed by atoms with Crippen LogP contribution in [0.3, 0.4) is 0 Å². The van der Waals surface area contributed by atoms with E-state index in [1.807, 2.05) is 30.3 Å². The van der Waals surface area contributed by atoms with E-state index in [4.69, 9.17) is 18.9 Å². The summed E-state index contributed by atoms with van der Waals surface area (Å²) in [5, 5.41) is 20.3. The van der Waals surface area contributed by atoms with Crippen molar-refractivity contribution in [3.8, 4) is 17.6 Å². The molecule has 1 aliphatic heterocycles. The number of para-hydroxylation sites is 1. The second-order valence-corrected chi connectivity index (χ2v) is 6.19. The Kier molecular flexibility index (Phi) is 5.43. The van der Waals surface area contributed by atoms with Gasteiger partial charge in [-0.2, -0.15) is 5.26 Å². The third-order valence-corrected chi connectivity index (χ3v) is 4.37. The van der Waals surface area contributed by atoms with Crippen LogP contribution in [0.2, 0.25) is 0 Å². The van der Waals surface area contributed by atoms with Crippen LogP contribution in [0.25, 0.3) is 0 Å². The van der Waals surface area contributed by atoms with Gasteiger partial charge in [0.1, 0.15) is 17.6 Å². The third kappa shape index (κ3) is 3.37. The molecule has 136 valence electrons. The van der Waals surface area contributed by atoms with E-state index < -0.39 is 17.8 Å². The van der Waals surface area contributed by atoms with Crippen LogP contribution in [0.15, 0.2) is 48.5 Å². The lowest BCUT2D eigenvalue weighted by molar-refractivity contribution is -0.169. The molecule has 0 radical (unpaired) electrons. The number of aliphatic hydroxyl groups is 1. The molecule has 6 nitrogen and oxygen atoms in total. The number of aliphatic hydroxyl groups excluding tert-OH is 1. The predicted octanol–water partition coefficient (Wildman–Crippen LogP) is 2.46. The molecule has 1 N–H and O–H groups in total. The fourth-order valence-corrected chi connectivity index (χ4v) is 3.19. The van der Waals surface area contributed by atoms with E-state index in [1.54, 1.807) is 18.2 Å². The van der Waals surface area contributed by atoms with Crippen molar-refractivity contribution in [2.45, 2.75) is 17.8 Å². The van der Waals surface area contributed by atoms with Crippen molar-refractivity contribution >= 4 is 0 Å². The van der Waals surface area contributed by atoms with Gasteiger partial charge in [-0.1, -0.05) is 18.2 Å². The Labute approximate surface area is 152 Å². The maximum atomic E-state index is 11.1. The van der Waals surface area contributed by atoms with Crippen LogP contribution in [-0.4, -0.2) is 44.2 Å². The second kappa shape index (κ2) is 7.75. The van der Waals surface area contributed by atoms with Crippen LogP contribution in [0.4, 0.5) is 0 Å². The number of hydrogen-bond donors (Lipinski definition) is 1. The molecular weight excluding hydrogens is 334 g/mol.